The number of benzene rings is 3. The molecule has 2 N–H and O–H groups in total. The zero-order valence-corrected chi connectivity index (χ0v) is 18.3. The van der Waals surface area contributed by atoms with E-state index >= 15 is 0 Å². The molecule has 1 heterocycles. The Morgan fingerprint density at radius 2 is 1.59 bits per heavy atom. The van der Waals surface area contributed by atoms with Crippen LogP contribution in [0.5, 0.6) is 0 Å². The Kier molecular flexibility index (Phi) is 6.02. The molecule has 3 aromatic carbocycles. The summed E-state index contributed by atoms with van der Waals surface area (Å²) < 4.78 is 0. The van der Waals surface area contributed by atoms with Crippen molar-refractivity contribution in [2.24, 2.45) is 11.8 Å². The molecule has 1 aromatic heterocycles. The molecule has 0 spiro atoms. The van der Waals surface area contributed by atoms with Crippen LogP contribution in [0.2, 0.25) is 0 Å². The van der Waals surface area contributed by atoms with E-state index in [9.17, 15) is 4.79 Å². The SMILES string of the molecule is O=C(NCc1ccccc1-c1ccccc1)[C@H]1CC[C@@H](Cc2nc3ccccc3[nH]2)CC1. The second-order valence-corrected chi connectivity index (χ2v) is 8.86. The summed E-state index contributed by atoms with van der Waals surface area (Å²) in [6.07, 6.45) is 5.03. The molecule has 1 saturated carbocycles. The van der Waals surface area contributed by atoms with Crippen molar-refractivity contribution < 1.29 is 4.79 Å². The number of rotatable bonds is 6. The van der Waals surface area contributed by atoms with Crippen molar-refractivity contribution >= 4 is 16.9 Å². The number of carbonyl (C=O) groups is 1. The van der Waals surface area contributed by atoms with Gasteiger partial charge in [-0.15, -0.1) is 0 Å². The lowest BCUT2D eigenvalue weighted by Gasteiger charge is -2.27. The van der Waals surface area contributed by atoms with Crippen LogP contribution in [0.15, 0.2) is 78.9 Å². The molecule has 1 amide bonds. The standard InChI is InChI=1S/C28H29N3O/c32-28(29-19-23-10-4-5-11-24(23)21-8-2-1-3-9-21)22-16-14-20(15-17-22)18-27-30-25-12-6-7-13-26(25)31-27/h1-13,20,22H,14-19H2,(H,29,32)(H,30,31)/t20-,22+. The number of hydrogen-bond donors (Lipinski definition) is 2. The molecule has 162 valence electrons. The Morgan fingerprint density at radius 1 is 0.875 bits per heavy atom. The number of amides is 1. The van der Waals surface area contributed by atoms with Crippen molar-refractivity contribution in [3.63, 3.8) is 0 Å². The molecule has 1 fully saturated rings. The molecule has 4 nitrogen and oxygen atoms in total. The first-order valence-electron chi connectivity index (χ1n) is 11.6. The average molecular weight is 424 g/mol. The third kappa shape index (κ3) is 4.59. The number of nitrogens with one attached hydrogen (secondary N) is 2. The summed E-state index contributed by atoms with van der Waals surface area (Å²) in [5.74, 6) is 1.97. The van der Waals surface area contributed by atoms with Gasteiger partial charge in [0.05, 0.1) is 11.0 Å². The van der Waals surface area contributed by atoms with E-state index in [1.165, 1.54) is 11.1 Å². The second-order valence-electron chi connectivity index (χ2n) is 8.86. The molecule has 0 aliphatic heterocycles. The average Bonchev–Trinajstić information content (AvgIpc) is 3.26. The zero-order valence-electron chi connectivity index (χ0n) is 18.3. The number of nitrogens with zero attached hydrogens (tertiary/aromatic N) is 1. The van der Waals surface area contributed by atoms with Crippen LogP contribution in [0.3, 0.4) is 0 Å². The van der Waals surface area contributed by atoms with Crippen LogP contribution in [0.1, 0.15) is 37.1 Å². The van der Waals surface area contributed by atoms with Gasteiger partial charge in [0, 0.05) is 18.9 Å². The van der Waals surface area contributed by atoms with Gasteiger partial charge in [0.1, 0.15) is 5.82 Å². The predicted molar refractivity (Wildman–Crippen MR) is 129 cm³/mol. The molecule has 5 rings (SSSR count). The minimum absolute atomic E-state index is 0.116. The molecule has 0 radical (unpaired) electrons. The first kappa shape index (κ1) is 20.5. The molecule has 4 heteroatoms. The van der Waals surface area contributed by atoms with E-state index in [1.54, 1.807) is 0 Å². The topological polar surface area (TPSA) is 57.8 Å². The fourth-order valence-electron chi connectivity index (χ4n) is 4.90. The molecule has 32 heavy (non-hydrogen) atoms. The summed E-state index contributed by atoms with van der Waals surface area (Å²) in [7, 11) is 0. The van der Waals surface area contributed by atoms with Crippen molar-refractivity contribution in [3.05, 3.63) is 90.3 Å². The molecule has 0 atom stereocenters. The number of aromatic amines is 1. The normalized spacial score (nSPS) is 18.5. The molecule has 0 saturated heterocycles. The molecule has 1 aliphatic rings. The Balaban J connectivity index is 1.14. The van der Waals surface area contributed by atoms with E-state index in [0.29, 0.717) is 12.5 Å². The summed E-state index contributed by atoms with van der Waals surface area (Å²) >= 11 is 0. The van der Waals surface area contributed by atoms with E-state index in [4.69, 9.17) is 4.98 Å². The number of para-hydroxylation sites is 2. The highest BCUT2D eigenvalue weighted by Gasteiger charge is 2.27. The van der Waals surface area contributed by atoms with Crippen molar-refractivity contribution in [1.29, 1.82) is 0 Å². The minimum atomic E-state index is 0.116. The van der Waals surface area contributed by atoms with Gasteiger partial charge in [-0.1, -0.05) is 66.7 Å². The fourth-order valence-corrected chi connectivity index (χ4v) is 4.90. The van der Waals surface area contributed by atoms with Crippen LogP contribution in [-0.2, 0) is 17.8 Å². The highest BCUT2D eigenvalue weighted by atomic mass is 16.1. The van der Waals surface area contributed by atoms with E-state index in [0.717, 1.165) is 54.5 Å². The maximum atomic E-state index is 12.9. The van der Waals surface area contributed by atoms with Gasteiger partial charge < -0.3 is 10.3 Å². The largest absolute Gasteiger partial charge is 0.352 e. The molecule has 0 unspecified atom stereocenters. The maximum Gasteiger partial charge on any atom is 0.223 e. The van der Waals surface area contributed by atoms with Gasteiger partial charge in [-0.05, 0) is 60.4 Å². The van der Waals surface area contributed by atoms with Crippen molar-refractivity contribution in [3.8, 4) is 11.1 Å². The van der Waals surface area contributed by atoms with Crippen LogP contribution in [-0.4, -0.2) is 15.9 Å². The highest BCUT2D eigenvalue weighted by Crippen LogP contribution is 2.31. The van der Waals surface area contributed by atoms with Gasteiger partial charge >= 0.3 is 0 Å². The van der Waals surface area contributed by atoms with Gasteiger partial charge in [0.2, 0.25) is 5.91 Å². The van der Waals surface area contributed by atoms with Crippen LogP contribution in [0.25, 0.3) is 22.2 Å². The monoisotopic (exact) mass is 423 g/mol. The fraction of sp³-hybridized carbons (Fsp3) is 0.286. The number of carbonyl (C=O) groups excluding carboxylic acids is 1. The zero-order chi connectivity index (χ0) is 21.8. The van der Waals surface area contributed by atoms with Gasteiger partial charge in [-0.3, -0.25) is 4.79 Å². The molecule has 0 bridgehead atoms. The van der Waals surface area contributed by atoms with Gasteiger partial charge in [-0.25, -0.2) is 4.98 Å². The quantitative estimate of drug-likeness (QED) is 0.406. The van der Waals surface area contributed by atoms with E-state index < -0.39 is 0 Å². The number of fused-ring (bicyclic) bond motifs is 1. The summed E-state index contributed by atoms with van der Waals surface area (Å²) in [6.45, 7) is 0.572. The summed E-state index contributed by atoms with van der Waals surface area (Å²) in [4.78, 5) is 21.0. The Labute approximate surface area is 189 Å². The minimum Gasteiger partial charge on any atom is -0.352 e. The van der Waals surface area contributed by atoms with Crippen molar-refractivity contribution in [2.45, 2.75) is 38.6 Å². The van der Waals surface area contributed by atoms with Crippen LogP contribution in [0.4, 0.5) is 0 Å². The molecular formula is C28H29N3O. The molecular weight excluding hydrogens is 394 g/mol. The summed E-state index contributed by atoms with van der Waals surface area (Å²) in [5.41, 5.74) is 5.66. The smallest absolute Gasteiger partial charge is 0.223 e. The van der Waals surface area contributed by atoms with Crippen molar-refractivity contribution in [2.75, 3.05) is 0 Å². The first-order chi connectivity index (χ1) is 15.8. The number of hydrogen-bond acceptors (Lipinski definition) is 2. The van der Waals surface area contributed by atoms with E-state index in [2.05, 4.69) is 58.8 Å². The summed E-state index contributed by atoms with van der Waals surface area (Å²) in [6, 6.07) is 26.9. The van der Waals surface area contributed by atoms with E-state index in [1.807, 2.05) is 30.3 Å². The molecule has 1 aliphatic carbocycles. The predicted octanol–water partition coefficient (Wildman–Crippen LogP) is 5.90. The molecule has 4 aromatic rings. The van der Waals surface area contributed by atoms with Crippen LogP contribution in [0, 0.1) is 11.8 Å². The van der Waals surface area contributed by atoms with Gasteiger partial charge in [-0.2, -0.15) is 0 Å². The van der Waals surface area contributed by atoms with Crippen LogP contribution < -0.4 is 5.32 Å². The lowest BCUT2D eigenvalue weighted by molar-refractivity contribution is -0.126. The number of imidazole rings is 1. The van der Waals surface area contributed by atoms with Gasteiger partial charge in [0.25, 0.3) is 0 Å². The maximum absolute atomic E-state index is 12.9. The van der Waals surface area contributed by atoms with Gasteiger partial charge in [0.15, 0.2) is 0 Å². The number of H-pyrrole nitrogens is 1. The van der Waals surface area contributed by atoms with Crippen LogP contribution >= 0.6 is 0 Å². The summed E-state index contributed by atoms with van der Waals surface area (Å²) in [5, 5.41) is 3.20. The third-order valence-corrected chi connectivity index (χ3v) is 6.69. The lowest BCUT2D eigenvalue weighted by atomic mass is 9.80. The second kappa shape index (κ2) is 9.39. The Hall–Kier alpha value is -3.40. The lowest BCUT2D eigenvalue weighted by Crippen LogP contribution is -2.33. The Bertz CT molecular complexity index is 1160. The van der Waals surface area contributed by atoms with E-state index in [-0.39, 0.29) is 11.8 Å². The Morgan fingerprint density at radius 3 is 2.41 bits per heavy atom. The third-order valence-electron chi connectivity index (χ3n) is 6.69. The van der Waals surface area contributed by atoms with Crippen molar-refractivity contribution in [1.82, 2.24) is 15.3 Å². The number of aromatic nitrogens is 2. The first-order valence-corrected chi connectivity index (χ1v) is 11.6. The highest BCUT2D eigenvalue weighted by molar-refractivity contribution is 5.79.